The number of allylic oxidation sites excluding steroid dienone is 4. The normalized spacial score (nSPS) is 20.0. The zero-order valence-electron chi connectivity index (χ0n) is 24.9. The Morgan fingerprint density at radius 1 is 0.738 bits per heavy atom. The van der Waals surface area contributed by atoms with Crippen molar-refractivity contribution in [3.8, 4) is 5.75 Å². The van der Waals surface area contributed by atoms with Crippen molar-refractivity contribution < 1.29 is 14.3 Å². The van der Waals surface area contributed by atoms with Gasteiger partial charge in [0.05, 0.1) is 0 Å². The minimum absolute atomic E-state index is 0.127. The molecule has 4 nitrogen and oxygen atoms in total. The Morgan fingerprint density at radius 2 is 1.26 bits per heavy atom. The molecule has 0 bridgehead atoms. The molecule has 6 rings (SSSR count). The second-order valence-electron chi connectivity index (χ2n) is 13.6. The van der Waals surface area contributed by atoms with E-state index in [1.54, 1.807) is 0 Å². The molecule has 1 aliphatic heterocycles. The molecule has 5 heteroatoms. The van der Waals surface area contributed by atoms with Crippen molar-refractivity contribution in [1.82, 2.24) is 4.90 Å². The molecule has 3 aromatic carbocycles. The smallest absolute Gasteiger partial charge is 0.162 e. The van der Waals surface area contributed by atoms with Gasteiger partial charge in [-0.25, -0.2) is 0 Å². The Labute approximate surface area is 257 Å². The highest BCUT2D eigenvalue weighted by Crippen LogP contribution is 2.56. The van der Waals surface area contributed by atoms with Gasteiger partial charge in [0.25, 0.3) is 0 Å². The zero-order chi connectivity index (χ0) is 29.6. The number of rotatable bonds is 6. The molecular formula is C37H38BrNO3. The summed E-state index contributed by atoms with van der Waals surface area (Å²) in [4.78, 5) is 30.8. The average Bonchev–Trinajstić information content (AvgIpc) is 2.93. The largest absolute Gasteiger partial charge is 0.489 e. The lowest BCUT2D eigenvalue weighted by molar-refractivity contribution is -0.119. The lowest BCUT2D eigenvalue weighted by Crippen LogP contribution is -2.44. The van der Waals surface area contributed by atoms with Gasteiger partial charge >= 0.3 is 0 Å². The van der Waals surface area contributed by atoms with Crippen LogP contribution in [0.25, 0.3) is 0 Å². The quantitative estimate of drug-likeness (QED) is 0.275. The minimum atomic E-state index is -0.461. The molecule has 3 aromatic rings. The Bertz CT molecular complexity index is 1550. The van der Waals surface area contributed by atoms with Gasteiger partial charge in [-0.1, -0.05) is 104 Å². The van der Waals surface area contributed by atoms with Crippen LogP contribution in [0.2, 0.25) is 0 Å². The number of benzene rings is 3. The van der Waals surface area contributed by atoms with Crippen molar-refractivity contribution in [3.05, 3.63) is 123 Å². The molecule has 0 aromatic heterocycles. The molecule has 0 saturated carbocycles. The molecule has 0 unspecified atom stereocenters. The molecule has 0 fully saturated rings. The van der Waals surface area contributed by atoms with E-state index in [0.717, 1.165) is 56.5 Å². The number of ketones is 2. The summed E-state index contributed by atoms with van der Waals surface area (Å²) in [7, 11) is 0. The van der Waals surface area contributed by atoms with Crippen LogP contribution >= 0.6 is 15.9 Å². The van der Waals surface area contributed by atoms with Gasteiger partial charge in [0.2, 0.25) is 0 Å². The summed E-state index contributed by atoms with van der Waals surface area (Å²) in [6.45, 7) is 9.75. The predicted octanol–water partition coefficient (Wildman–Crippen LogP) is 8.91. The maximum Gasteiger partial charge on any atom is 0.162 e. The van der Waals surface area contributed by atoms with Gasteiger partial charge in [-0.2, -0.15) is 0 Å². The first-order chi connectivity index (χ1) is 20.0. The van der Waals surface area contributed by atoms with Gasteiger partial charge in [-0.05, 0) is 53.0 Å². The predicted molar refractivity (Wildman–Crippen MR) is 170 cm³/mol. The Hall–Kier alpha value is -3.44. The van der Waals surface area contributed by atoms with Crippen LogP contribution in [0, 0.1) is 10.8 Å². The molecular weight excluding hydrogens is 586 g/mol. The van der Waals surface area contributed by atoms with Gasteiger partial charge in [-0.15, -0.1) is 0 Å². The van der Waals surface area contributed by atoms with Crippen LogP contribution in [0.15, 0.2) is 106 Å². The van der Waals surface area contributed by atoms with Crippen LogP contribution in [0.4, 0.5) is 0 Å². The Balaban J connectivity index is 1.56. The van der Waals surface area contributed by atoms with Crippen molar-refractivity contribution in [2.75, 3.05) is 0 Å². The molecule has 1 heterocycles. The maximum atomic E-state index is 14.2. The molecule has 42 heavy (non-hydrogen) atoms. The van der Waals surface area contributed by atoms with Crippen LogP contribution in [0.3, 0.4) is 0 Å². The monoisotopic (exact) mass is 623 g/mol. The number of nitrogens with zero attached hydrogens (tertiary/aromatic N) is 1. The van der Waals surface area contributed by atoms with Gasteiger partial charge in [0.15, 0.2) is 11.6 Å². The SMILES string of the molecule is CC1(C)CC(=O)C2=C(C1)N(Cc1ccccc1)C1=C(C(=O)CC(C)(C)C1)C2c1cc(Br)ccc1OCc1ccccc1. The van der Waals surface area contributed by atoms with Crippen molar-refractivity contribution in [3.63, 3.8) is 0 Å². The Morgan fingerprint density at radius 3 is 1.81 bits per heavy atom. The van der Waals surface area contributed by atoms with E-state index in [-0.39, 0.29) is 22.4 Å². The van der Waals surface area contributed by atoms with Crippen LogP contribution < -0.4 is 4.74 Å². The van der Waals surface area contributed by atoms with E-state index < -0.39 is 5.92 Å². The standard InChI is InChI=1S/C37H38BrNO3/c1-36(2)18-28-34(30(40)20-36)33(27-17-26(38)15-16-32(27)42-23-25-13-9-6-10-14-25)35-29(19-37(3,4)21-31(35)41)39(28)22-24-11-7-5-8-12-24/h5-17,33H,18-23H2,1-4H3. The number of carbonyl (C=O) groups excluding carboxylic acids is 2. The summed E-state index contributed by atoms with van der Waals surface area (Å²) in [6, 6.07) is 26.4. The highest BCUT2D eigenvalue weighted by Gasteiger charge is 2.49. The molecule has 0 atom stereocenters. The van der Waals surface area contributed by atoms with Crippen molar-refractivity contribution in [2.24, 2.45) is 10.8 Å². The minimum Gasteiger partial charge on any atom is -0.489 e. The summed E-state index contributed by atoms with van der Waals surface area (Å²) >= 11 is 3.69. The maximum absolute atomic E-state index is 14.2. The van der Waals surface area contributed by atoms with E-state index in [4.69, 9.17) is 4.74 Å². The fraction of sp³-hybridized carbons (Fsp3) is 0.351. The molecule has 0 amide bonds. The number of hydrogen-bond acceptors (Lipinski definition) is 4. The van der Waals surface area contributed by atoms with E-state index in [2.05, 4.69) is 72.8 Å². The summed E-state index contributed by atoms with van der Waals surface area (Å²) < 4.78 is 7.36. The lowest BCUT2D eigenvalue weighted by Gasteiger charge is -2.49. The Kier molecular flexibility index (Phi) is 7.51. The fourth-order valence-electron chi connectivity index (χ4n) is 6.93. The number of hydrogen-bond donors (Lipinski definition) is 0. The molecule has 2 aliphatic carbocycles. The third-order valence-electron chi connectivity index (χ3n) is 8.73. The highest BCUT2D eigenvalue weighted by molar-refractivity contribution is 9.10. The van der Waals surface area contributed by atoms with E-state index >= 15 is 0 Å². The molecule has 3 aliphatic rings. The number of ether oxygens (including phenoxy) is 1. The van der Waals surface area contributed by atoms with E-state index in [0.29, 0.717) is 31.7 Å². The third kappa shape index (κ3) is 5.64. The summed E-state index contributed by atoms with van der Waals surface area (Å²) in [5.74, 6) is 0.500. The summed E-state index contributed by atoms with van der Waals surface area (Å²) in [5, 5.41) is 0. The zero-order valence-corrected chi connectivity index (χ0v) is 26.5. The van der Waals surface area contributed by atoms with Crippen molar-refractivity contribution in [2.45, 2.75) is 72.4 Å². The number of halogens is 1. The number of Topliss-reactive ketones (excluding diaryl/α,β-unsaturated/α-hetero) is 2. The van der Waals surface area contributed by atoms with Crippen LogP contribution in [-0.2, 0) is 22.7 Å². The molecule has 0 radical (unpaired) electrons. The second-order valence-corrected chi connectivity index (χ2v) is 14.5. The van der Waals surface area contributed by atoms with Gasteiger partial charge < -0.3 is 9.64 Å². The van der Waals surface area contributed by atoms with Crippen LogP contribution in [0.5, 0.6) is 5.75 Å². The van der Waals surface area contributed by atoms with Gasteiger partial charge in [0.1, 0.15) is 12.4 Å². The first-order valence-electron chi connectivity index (χ1n) is 14.8. The lowest BCUT2D eigenvalue weighted by atomic mass is 9.63. The van der Waals surface area contributed by atoms with Crippen molar-refractivity contribution in [1.29, 1.82) is 0 Å². The third-order valence-corrected chi connectivity index (χ3v) is 9.22. The molecule has 0 N–H and O–H groups in total. The van der Waals surface area contributed by atoms with Crippen molar-refractivity contribution >= 4 is 27.5 Å². The molecule has 0 spiro atoms. The van der Waals surface area contributed by atoms with Crippen LogP contribution in [-0.4, -0.2) is 16.5 Å². The topological polar surface area (TPSA) is 46.6 Å². The first-order valence-corrected chi connectivity index (χ1v) is 15.6. The van der Waals surface area contributed by atoms with E-state index in [1.165, 1.54) is 0 Å². The summed E-state index contributed by atoms with van der Waals surface area (Å²) in [5.41, 5.74) is 6.40. The molecule has 216 valence electrons. The first kappa shape index (κ1) is 28.7. The van der Waals surface area contributed by atoms with Gasteiger partial charge in [0, 0.05) is 57.9 Å². The fourth-order valence-corrected chi connectivity index (χ4v) is 7.31. The highest BCUT2D eigenvalue weighted by atomic mass is 79.9. The summed E-state index contributed by atoms with van der Waals surface area (Å²) in [6.07, 6.45) is 2.46. The van der Waals surface area contributed by atoms with Crippen LogP contribution in [0.1, 0.15) is 76.0 Å². The average molecular weight is 625 g/mol. The second kappa shape index (κ2) is 11.0. The number of carbonyl (C=O) groups is 2. The van der Waals surface area contributed by atoms with E-state index in [1.807, 2.05) is 54.6 Å². The van der Waals surface area contributed by atoms with Gasteiger partial charge in [-0.3, -0.25) is 9.59 Å². The molecule has 0 saturated heterocycles. The van der Waals surface area contributed by atoms with E-state index in [9.17, 15) is 9.59 Å².